The Morgan fingerprint density at radius 2 is 1.93 bits per heavy atom. The molecule has 0 saturated carbocycles. The van der Waals surface area contributed by atoms with E-state index < -0.39 is 16.6 Å². The van der Waals surface area contributed by atoms with Crippen molar-refractivity contribution in [3.63, 3.8) is 0 Å². The Morgan fingerprint density at radius 3 is 2.47 bits per heavy atom. The SMILES string of the molecule is NC(CCc1ccccc1)OS(=O)(=O)O. The average Bonchev–Trinajstić information content (AvgIpc) is 2.14. The Kier molecular flexibility index (Phi) is 4.22. The second-order valence-electron chi connectivity index (χ2n) is 3.09. The molecule has 0 saturated heterocycles. The van der Waals surface area contributed by atoms with Crippen LogP contribution in [0.5, 0.6) is 0 Å². The van der Waals surface area contributed by atoms with E-state index in [2.05, 4.69) is 4.18 Å². The molecule has 0 radical (unpaired) electrons. The minimum atomic E-state index is -4.45. The molecule has 1 atom stereocenters. The van der Waals surface area contributed by atoms with Crippen molar-refractivity contribution in [2.24, 2.45) is 5.73 Å². The van der Waals surface area contributed by atoms with Gasteiger partial charge in [-0.2, -0.15) is 8.42 Å². The van der Waals surface area contributed by atoms with E-state index in [-0.39, 0.29) is 0 Å². The van der Waals surface area contributed by atoms with Crippen LogP contribution in [0.25, 0.3) is 0 Å². The van der Waals surface area contributed by atoms with Crippen LogP contribution >= 0.6 is 0 Å². The topological polar surface area (TPSA) is 89.6 Å². The lowest BCUT2D eigenvalue weighted by Gasteiger charge is -2.09. The first-order valence-electron chi connectivity index (χ1n) is 4.42. The standard InChI is InChI=1S/C9H13NO4S/c10-9(14-15(11,12)13)7-6-8-4-2-1-3-5-8/h1-5,9H,6-7,10H2,(H,11,12,13). The van der Waals surface area contributed by atoms with Gasteiger partial charge < -0.3 is 5.73 Å². The lowest BCUT2D eigenvalue weighted by Crippen LogP contribution is -2.27. The van der Waals surface area contributed by atoms with Crippen molar-refractivity contribution in [1.29, 1.82) is 0 Å². The smallest absolute Gasteiger partial charge is 0.305 e. The van der Waals surface area contributed by atoms with Gasteiger partial charge in [0.25, 0.3) is 0 Å². The molecule has 0 spiro atoms. The number of benzene rings is 1. The maximum absolute atomic E-state index is 10.3. The molecule has 1 aromatic rings. The van der Waals surface area contributed by atoms with Gasteiger partial charge in [-0.15, -0.1) is 0 Å². The second-order valence-corrected chi connectivity index (χ2v) is 4.13. The van der Waals surface area contributed by atoms with Gasteiger partial charge in [-0.3, -0.25) is 4.55 Å². The summed E-state index contributed by atoms with van der Waals surface area (Å²) in [4.78, 5) is 0. The van der Waals surface area contributed by atoms with Gasteiger partial charge in [0.05, 0.1) is 0 Å². The van der Waals surface area contributed by atoms with Crippen LogP contribution in [0.3, 0.4) is 0 Å². The Hall–Kier alpha value is -0.950. The third-order valence-corrected chi connectivity index (χ3v) is 2.30. The molecule has 5 nitrogen and oxygen atoms in total. The van der Waals surface area contributed by atoms with Crippen LogP contribution < -0.4 is 5.73 Å². The highest BCUT2D eigenvalue weighted by Gasteiger charge is 2.12. The second kappa shape index (κ2) is 5.22. The van der Waals surface area contributed by atoms with Crippen molar-refractivity contribution in [1.82, 2.24) is 0 Å². The van der Waals surface area contributed by atoms with Crippen LogP contribution in [0, 0.1) is 0 Å². The van der Waals surface area contributed by atoms with E-state index in [0.717, 1.165) is 5.56 Å². The van der Waals surface area contributed by atoms with Gasteiger partial charge in [0.1, 0.15) is 6.23 Å². The predicted octanol–water partition coefficient (Wildman–Crippen LogP) is 0.723. The fourth-order valence-corrected chi connectivity index (χ4v) is 1.57. The summed E-state index contributed by atoms with van der Waals surface area (Å²) in [5.41, 5.74) is 6.38. The summed E-state index contributed by atoms with van der Waals surface area (Å²) in [6, 6.07) is 9.45. The first-order chi connectivity index (χ1) is 6.97. The molecule has 84 valence electrons. The molecule has 0 amide bonds. The first-order valence-corrected chi connectivity index (χ1v) is 5.79. The normalized spacial score (nSPS) is 13.7. The zero-order valence-corrected chi connectivity index (χ0v) is 8.85. The lowest BCUT2D eigenvalue weighted by molar-refractivity contribution is 0.179. The van der Waals surface area contributed by atoms with Crippen molar-refractivity contribution in [3.05, 3.63) is 35.9 Å². The van der Waals surface area contributed by atoms with Gasteiger partial charge >= 0.3 is 10.4 Å². The van der Waals surface area contributed by atoms with E-state index in [1.54, 1.807) is 0 Å². The van der Waals surface area contributed by atoms with Crippen molar-refractivity contribution < 1.29 is 17.2 Å². The van der Waals surface area contributed by atoms with Gasteiger partial charge in [0, 0.05) is 0 Å². The molecule has 0 aliphatic carbocycles. The Balaban J connectivity index is 2.38. The first kappa shape index (κ1) is 12.1. The zero-order valence-electron chi connectivity index (χ0n) is 8.04. The van der Waals surface area contributed by atoms with Gasteiger partial charge in [-0.1, -0.05) is 30.3 Å². The largest absolute Gasteiger partial charge is 0.398 e. The van der Waals surface area contributed by atoms with Crippen molar-refractivity contribution in [2.75, 3.05) is 0 Å². The van der Waals surface area contributed by atoms with E-state index in [0.29, 0.717) is 12.8 Å². The number of nitrogens with two attached hydrogens (primary N) is 1. The van der Waals surface area contributed by atoms with Gasteiger partial charge in [-0.05, 0) is 18.4 Å². The van der Waals surface area contributed by atoms with Crippen LogP contribution in [0.2, 0.25) is 0 Å². The van der Waals surface area contributed by atoms with Crippen LogP contribution in [-0.4, -0.2) is 19.2 Å². The maximum Gasteiger partial charge on any atom is 0.398 e. The van der Waals surface area contributed by atoms with E-state index in [4.69, 9.17) is 10.3 Å². The van der Waals surface area contributed by atoms with E-state index in [9.17, 15) is 8.42 Å². The molecule has 1 rings (SSSR count). The fourth-order valence-electron chi connectivity index (χ4n) is 1.16. The summed E-state index contributed by atoms with van der Waals surface area (Å²) in [6.45, 7) is 0. The number of hydrogen-bond acceptors (Lipinski definition) is 4. The highest BCUT2D eigenvalue weighted by Crippen LogP contribution is 2.05. The predicted molar refractivity (Wildman–Crippen MR) is 55.4 cm³/mol. The maximum atomic E-state index is 10.3. The molecular formula is C9H13NO4S. The van der Waals surface area contributed by atoms with E-state index in [1.165, 1.54) is 0 Å². The monoisotopic (exact) mass is 231 g/mol. The molecule has 6 heteroatoms. The molecule has 3 N–H and O–H groups in total. The summed E-state index contributed by atoms with van der Waals surface area (Å²) >= 11 is 0. The van der Waals surface area contributed by atoms with Crippen LogP contribution in [0.1, 0.15) is 12.0 Å². The summed E-state index contributed by atoms with van der Waals surface area (Å²) in [7, 11) is -4.45. The quantitative estimate of drug-likeness (QED) is 0.575. The van der Waals surface area contributed by atoms with Crippen molar-refractivity contribution in [3.8, 4) is 0 Å². The Bertz CT molecular complexity index is 390. The van der Waals surface area contributed by atoms with Crippen LogP contribution in [-0.2, 0) is 21.0 Å². The molecule has 1 unspecified atom stereocenters. The highest BCUT2D eigenvalue weighted by molar-refractivity contribution is 7.80. The molecule has 0 aromatic heterocycles. The molecule has 0 bridgehead atoms. The summed E-state index contributed by atoms with van der Waals surface area (Å²) in [5.74, 6) is 0. The van der Waals surface area contributed by atoms with Gasteiger partial charge in [0.2, 0.25) is 0 Å². The van der Waals surface area contributed by atoms with Gasteiger partial charge in [0.15, 0.2) is 0 Å². The minimum absolute atomic E-state index is 0.323. The molecule has 0 aliphatic heterocycles. The lowest BCUT2D eigenvalue weighted by atomic mass is 10.1. The Morgan fingerprint density at radius 1 is 1.33 bits per heavy atom. The van der Waals surface area contributed by atoms with Crippen LogP contribution in [0.4, 0.5) is 0 Å². The number of aryl methyl sites for hydroxylation is 1. The zero-order chi connectivity index (χ0) is 11.3. The minimum Gasteiger partial charge on any atom is -0.305 e. The average molecular weight is 231 g/mol. The highest BCUT2D eigenvalue weighted by atomic mass is 32.3. The fraction of sp³-hybridized carbons (Fsp3) is 0.333. The summed E-state index contributed by atoms with van der Waals surface area (Å²) in [5, 5.41) is 0. The van der Waals surface area contributed by atoms with E-state index in [1.807, 2.05) is 30.3 Å². The number of hydrogen-bond donors (Lipinski definition) is 2. The van der Waals surface area contributed by atoms with E-state index >= 15 is 0 Å². The third kappa shape index (κ3) is 5.48. The molecule has 0 aliphatic rings. The Labute approximate surface area is 88.8 Å². The van der Waals surface area contributed by atoms with Crippen LogP contribution in [0.15, 0.2) is 30.3 Å². The molecule has 0 fully saturated rings. The number of rotatable bonds is 5. The molecule has 1 aromatic carbocycles. The summed E-state index contributed by atoms with van der Waals surface area (Å²) in [6.07, 6.45) is -0.0957. The van der Waals surface area contributed by atoms with Crippen molar-refractivity contribution in [2.45, 2.75) is 19.1 Å². The summed E-state index contributed by atoms with van der Waals surface area (Å²) < 4.78 is 33.1. The van der Waals surface area contributed by atoms with Gasteiger partial charge in [-0.25, -0.2) is 4.18 Å². The molecule has 15 heavy (non-hydrogen) atoms. The van der Waals surface area contributed by atoms with Crippen molar-refractivity contribution >= 4 is 10.4 Å². The third-order valence-electron chi connectivity index (χ3n) is 1.81. The molecule has 0 heterocycles. The molecular weight excluding hydrogens is 218 g/mol.